The molecule has 1 aromatic carbocycles. The molecule has 0 spiro atoms. The van der Waals surface area contributed by atoms with Gasteiger partial charge in [-0.05, 0) is 30.3 Å². The average molecular weight is 307 g/mol. The first kappa shape index (κ1) is 14.9. The molecule has 8 nitrogen and oxygen atoms in total. The topological polar surface area (TPSA) is 140 Å². The number of benzene rings is 1. The number of sulfonamides is 1. The maximum Gasteiger partial charge on any atom is 0.255 e. The van der Waals surface area contributed by atoms with Crippen molar-refractivity contribution in [3.63, 3.8) is 0 Å². The second-order valence-corrected chi connectivity index (χ2v) is 5.66. The van der Waals surface area contributed by atoms with Crippen molar-refractivity contribution in [3.8, 4) is 0 Å². The van der Waals surface area contributed by atoms with Gasteiger partial charge in [-0.25, -0.2) is 24.4 Å². The molecule has 0 fully saturated rings. The number of carbonyl (C=O) groups excluding carboxylic acids is 1. The van der Waals surface area contributed by atoms with Crippen LogP contribution in [0.25, 0.3) is 0 Å². The summed E-state index contributed by atoms with van der Waals surface area (Å²) in [5.41, 5.74) is 2.96. The Morgan fingerprint density at radius 2 is 1.95 bits per heavy atom. The first-order valence-electron chi connectivity index (χ1n) is 5.77. The van der Waals surface area contributed by atoms with Gasteiger partial charge in [0.15, 0.2) is 0 Å². The molecular weight excluding hydrogens is 294 g/mol. The van der Waals surface area contributed by atoms with Crippen molar-refractivity contribution >= 4 is 27.4 Å². The van der Waals surface area contributed by atoms with Gasteiger partial charge in [-0.1, -0.05) is 6.07 Å². The predicted molar refractivity (Wildman–Crippen MR) is 77.8 cm³/mol. The van der Waals surface area contributed by atoms with Crippen LogP contribution in [-0.2, 0) is 10.0 Å². The molecule has 1 heterocycles. The summed E-state index contributed by atoms with van der Waals surface area (Å²) in [6.07, 6.45) is 1.42. The number of nitrogen functional groups attached to an aromatic ring is 1. The summed E-state index contributed by atoms with van der Waals surface area (Å²) < 4.78 is 22.5. The summed E-state index contributed by atoms with van der Waals surface area (Å²) in [5.74, 6) is 5.12. The van der Waals surface area contributed by atoms with E-state index >= 15 is 0 Å². The molecule has 0 atom stereocenters. The number of pyridine rings is 1. The quantitative estimate of drug-likeness (QED) is 0.472. The van der Waals surface area contributed by atoms with Crippen LogP contribution < -0.4 is 21.7 Å². The molecule has 0 saturated heterocycles. The lowest BCUT2D eigenvalue weighted by Crippen LogP contribution is -2.15. The Bertz CT molecular complexity index is 776. The second kappa shape index (κ2) is 5.87. The van der Waals surface area contributed by atoms with Gasteiger partial charge in [-0.2, -0.15) is 0 Å². The Kier molecular flexibility index (Phi) is 4.17. The summed E-state index contributed by atoms with van der Waals surface area (Å²) >= 11 is 0. The molecule has 0 saturated carbocycles. The summed E-state index contributed by atoms with van der Waals surface area (Å²) in [6.45, 7) is 0. The van der Waals surface area contributed by atoms with E-state index in [1.165, 1.54) is 36.5 Å². The van der Waals surface area contributed by atoms with E-state index in [2.05, 4.69) is 15.7 Å². The van der Waals surface area contributed by atoms with Crippen LogP contribution in [0.4, 0.5) is 11.5 Å². The zero-order valence-corrected chi connectivity index (χ0v) is 11.6. The number of nitrogens with zero attached hydrogens (tertiary/aromatic N) is 1. The molecule has 0 aliphatic carbocycles. The minimum Gasteiger partial charge on any atom is -0.322 e. The normalized spacial score (nSPS) is 11.0. The predicted octanol–water partition coefficient (Wildman–Crippen LogP) is 0.267. The smallest absolute Gasteiger partial charge is 0.255 e. The highest BCUT2D eigenvalue weighted by molar-refractivity contribution is 7.89. The van der Waals surface area contributed by atoms with Crippen LogP contribution in [0.5, 0.6) is 0 Å². The first-order chi connectivity index (χ1) is 9.90. The number of amides is 1. The lowest BCUT2D eigenvalue weighted by atomic mass is 10.2. The van der Waals surface area contributed by atoms with Gasteiger partial charge in [-0.3, -0.25) is 4.79 Å². The van der Waals surface area contributed by atoms with E-state index in [0.717, 1.165) is 0 Å². The van der Waals surface area contributed by atoms with Crippen molar-refractivity contribution in [2.45, 2.75) is 4.90 Å². The lowest BCUT2D eigenvalue weighted by Gasteiger charge is -2.07. The SMILES string of the molecule is NNc1cc(C(=O)Nc2cccc(S(N)(=O)=O)c2)ccn1. The van der Waals surface area contributed by atoms with Gasteiger partial charge in [0.05, 0.1) is 4.90 Å². The van der Waals surface area contributed by atoms with Crippen molar-refractivity contribution in [3.05, 3.63) is 48.2 Å². The number of aromatic nitrogens is 1. The molecule has 1 aromatic heterocycles. The fourth-order valence-electron chi connectivity index (χ4n) is 1.60. The molecular formula is C12H13N5O3S. The third-order valence-corrected chi connectivity index (χ3v) is 3.50. The number of hydrazine groups is 1. The van der Waals surface area contributed by atoms with E-state index in [-0.39, 0.29) is 4.90 Å². The van der Waals surface area contributed by atoms with Gasteiger partial charge < -0.3 is 10.7 Å². The van der Waals surface area contributed by atoms with Gasteiger partial charge in [0.25, 0.3) is 5.91 Å². The van der Waals surface area contributed by atoms with Crippen LogP contribution in [-0.4, -0.2) is 19.3 Å². The molecule has 9 heteroatoms. The minimum absolute atomic E-state index is 0.0839. The summed E-state index contributed by atoms with van der Waals surface area (Å²) in [4.78, 5) is 15.9. The fraction of sp³-hybridized carbons (Fsp3) is 0. The van der Waals surface area contributed by atoms with Crippen molar-refractivity contribution in [2.24, 2.45) is 11.0 Å². The Hall–Kier alpha value is -2.49. The molecule has 0 aliphatic heterocycles. The van der Waals surface area contributed by atoms with Crippen LogP contribution in [0, 0.1) is 0 Å². The Morgan fingerprint density at radius 1 is 1.19 bits per heavy atom. The highest BCUT2D eigenvalue weighted by Crippen LogP contribution is 2.15. The fourth-order valence-corrected chi connectivity index (χ4v) is 2.16. The molecule has 2 aromatic rings. The first-order valence-corrected chi connectivity index (χ1v) is 7.31. The largest absolute Gasteiger partial charge is 0.322 e. The molecule has 0 radical (unpaired) electrons. The third kappa shape index (κ3) is 3.75. The number of primary sulfonamides is 1. The van der Waals surface area contributed by atoms with Gasteiger partial charge in [0, 0.05) is 17.4 Å². The maximum atomic E-state index is 12.1. The highest BCUT2D eigenvalue weighted by Gasteiger charge is 2.11. The Balaban J connectivity index is 2.23. The number of rotatable bonds is 4. The zero-order chi connectivity index (χ0) is 15.5. The van der Waals surface area contributed by atoms with E-state index in [1.54, 1.807) is 6.07 Å². The third-order valence-electron chi connectivity index (χ3n) is 2.59. The standard InChI is InChI=1S/C12H13N5O3S/c13-17-11-6-8(4-5-15-11)12(18)16-9-2-1-3-10(7-9)21(14,19)20/h1-7H,13H2,(H,15,17)(H,16,18)(H2,14,19,20). The number of hydrogen-bond acceptors (Lipinski definition) is 6. The Morgan fingerprint density at radius 3 is 2.62 bits per heavy atom. The van der Waals surface area contributed by atoms with Crippen LogP contribution in [0.1, 0.15) is 10.4 Å². The molecule has 21 heavy (non-hydrogen) atoms. The summed E-state index contributed by atoms with van der Waals surface area (Å²) in [5, 5.41) is 7.60. The van der Waals surface area contributed by atoms with E-state index in [9.17, 15) is 13.2 Å². The van der Waals surface area contributed by atoms with Crippen LogP contribution in [0.2, 0.25) is 0 Å². The minimum atomic E-state index is -3.82. The lowest BCUT2D eigenvalue weighted by molar-refractivity contribution is 0.102. The number of nitrogens with two attached hydrogens (primary N) is 2. The van der Waals surface area contributed by atoms with Crippen molar-refractivity contribution in [1.29, 1.82) is 0 Å². The van der Waals surface area contributed by atoms with Gasteiger partial charge in [0.1, 0.15) is 5.82 Å². The average Bonchev–Trinajstić information content (AvgIpc) is 2.46. The van der Waals surface area contributed by atoms with Gasteiger partial charge in [-0.15, -0.1) is 0 Å². The highest BCUT2D eigenvalue weighted by atomic mass is 32.2. The zero-order valence-electron chi connectivity index (χ0n) is 10.8. The molecule has 6 N–H and O–H groups in total. The molecule has 2 rings (SSSR count). The van der Waals surface area contributed by atoms with Crippen LogP contribution in [0.15, 0.2) is 47.5 Å². The van der Waals surface area contributed by atoms with E-state index < -0.39 is 15.9 Å². The molecule has 0 bridgehead atoms. The van der Waals surface area contributed by atoms with E-state index in [4.69, 9.17) is 11.0 Å². The van der Waals surface area contributed by atoms with Crippen molar-refractivity contribution < 1.29 is 13.2 Å². The summed E-state index contributed by atoms with van der Waals surface area (Å²) in [7, 11) is -3.82. The van der Waals surface area contributed by atoms with Crippen LogP contribution >= 0.6 is 0 Å². The number of nitrogens with one attached hydrogen (secondary N) is 2. The van der Waals surface area contributed by atoms with E-state index in [1.807, 2.05) is 0 Å². The number of hydrogen-bond donors (Lipinski definition) is 4. The van der Waals surface area contributed by atoms with Gasteiger partial charge in [0.2, 0.25) is 10.0 Å². The van der Waals surface area contributed by atoms with E-state index in [0.29, 0.717) is 17.1 Å². The van der Waals surface area contributed by atoms with Gasteiger partial charge >= 0.3 is 0 Å². The number of carbonyl (C=O) groups is 1. The molecule has 0 unspecified atom stereocenters. The van der Waals surface area contributed by atoms with Crippen molar-refractivity contribution in [1.82, 2.24) is 4.98 Å². The number of anilines is 2. The Labute approximate surface area is 121 Å². The van der Waals surface area contributed by atoms with Crippen molar-refractivity contribution in [2.75, 3.05) is 10.7 Å². The summed E-state index contributed by atoms with van der Waals surface area (Å²) in [6, 6.07) is 8.60. The monoisotopic (exact) mass is 307 g/mol. The molecule has 1 amide bonds. The molecule has 0 aliphatic rings. The maximum absolute atomic E-state index is 12.1. The molecule has 110 valence electrons. The second-order valence-electron chi connectivity index (χ2n) is 4.10. The van der Waals surface area contributed by atoms with Crippen LogP contribution in [0.3, 0.4) is 0 Å².